The lowest BCUT2D eigenvalue weighted by Gasteiger charge is -2.27. The molecule has 2 nitrogen and oxygen atoms in total. The predicted octanol–water partition coefficient (Wildman–Crippen LogP) is 14.2. The van der Waals surface area contributed by atoms with Gasteiger partial charge in [-0.25, -0.2) is 0 Å². The summed E-state index contributed by atoms with van der Waals surface area (Å²) in [6.07, 6.45) is 0. The van der Waals surface area contributed by atoms with Gasteiger partial charge in [-0.3, -0.25) is 0 Å². The van der Waals surface area contributed by atoms with Crippen LogP contribution in [0.3, 0.4) is 0 Å². The van der Waals surface area contributed by atoms with E-state index in [9.17, 15) is 0 Å². The smallest absolute Gasteiger partial charge is 0.0540 e. The maximum absolute atomic E-state index is 3.65. The van der Waals surface area contributed by atoms with Gasteiger partial charge in [0.05, 0.1) is 5.69 Å². The van der Waals surface area contributed by atoms with Gasteiger partial charge in [-0.1, -0.05) is 164 Å². The molecule has 0 bridgehead atoms. The van der Waals surface area contributed by atoms with Crippen LogP contribution < -0.4 is 10.2 Å². The molecule has 0 spiro atoms. The zero-order valence-electron chi connectivity index (χ0n) is 28.7. The average molecular weight is 665 g/mol. The number of rotatable bonds is 8. The van der Waals surface area contributed by atoms with Crippen molar-refractivity contribution < 1.29 is 0 Å². The first-order chi connectivity index (χ1) is 25.8. The average Bonchev–Trinajstić information content (AvgIpc) is 3.22. The molecule has 0 fully saturated rings. The van der Waals surface area contributed by atoms with E-state index in [1.807, 2.05) is 0 Å². The Balaban J connectivity index is 1.10. The van der Waals surface area contributed by atoms with Crippen LogP contribution in [0.4, 0.5) is 28.4 Å². The highest BCUT2D eigenvalue weighted by atomic mass is 15.1. The van der Waals surface area contributed by atoms with Crippen LogP contribution in [0.25, 0.3) is 54.9 Å². The van der Waals surface area contributed by atoms with Crippen molar-refractivity contribution in [2.24, 2.45) is 0 Å². The minimum absolute atomic E-state index is 1.06. The number of nitrogens with zero attached hydrogens (tertiary/aromatic N) is 1. The molecule has 0 atom stereocenters. The summed E-state index contributed by atoms with van der Waals surface area (Å²) in [5.74, 6) is 0. The Kier molecular flexibility index (Phi) is 8.24. The van der Waals surface area contributed by atoms with Crippen LogP contribution in [0.1, 0.15) is 0 Å². The molecule has 0 aliphatic rings. The lowest BCUT2D eigenvalue weighted by Crippen LogP contribution is -2.10. The molecular formula is C50H36N2. The Bertz CT molecular complexity index is 2520. The summed E-state index contributed by atoms with van der Waals surface area (Å²) in [4.78, 5) is 2.38. The summed E-state index contributed by atoms with van der Waals surface area (Å²) in [6.45, 7) is 0. The zero-order valence-corrected chi connectivity index (χ0v) is 28.7. The molecule has 1 N–H and O–H groups in total. The zero-order chi connectivity index (χ0) is 34.7. The first-order valence-corrected chi connectivity index (χ1v) is 17.8. The highest BCUT2D eigenvalue weighted by Crippen LogP contribution is 2.42. The number of anilines is 5. The minimum Gasteiger partial charge on any atom is -0.355 e. The second-order valence-corrected chi connectivity index (χ2v) is 13.1. The van der Waals surface area contributed by atoms with Gasteiger partial charge in [0.15, 0.2) is 0 Å². The van der Waals surface area contributed by atoms with E-state index in [1.54, 1.807) is 0 Å². The van der Waals surface area contributed by atoms with Crippen molar-refractivity contribution in [3.8, 4) is 33.4 Å². The Morgan fingerprint density at radius 1 is 0.308 bits per heavy atom. The van der Waals surface area contributed by atoms with E-state index < -0.39 is 0 Å². The molecule has 246 valence electrons. The van der Waals surface area contributed by atoms with E-state index in [4.69, 9.17) is 0 Å². The highest BCUT2D eigenvalue weighted by molar-refractivity contribution is 6.06. The van der Waals surface area contributed by atoms with Gasteiger partial charge in [0.1, 0.15) is 0 Å². The van der Waals surface area contributed by atoms with Crippen molar-refractivity contribution in [3.63, 3.8) is 0 Å². The molecule has 0 heterocycles. The lowest BCUT2D eigenvalue weighted by atomic mass is 9.96. The normalized spacial score (nSPS) is 11.1. The van der Waals surface area contributed by atoms with Crippen LogP contribution in [0, 0.1) is 0 Å². The number of hydrogen-bond acceptors (Lipinski definition) is 2. The van der Waals surface area contributed by atoms with E-state index in [1.165, 1.54) is 54.9 Å². The van der Waals surface area contributed by atoms with Crippen LogP contribution >= 0.6 is 0 Å². The molecule has 0 saturated carbocycles. The summed E-state index contributed by atoms with van der Waals surface area (Å²) in [6, 6.07) is 75.9. The van der Waals surface area contributed by atoms with Crippen LogP contribution in [0.15, 0.2) is 212 Å². The fourth-order valence-electron chi connectivity index (χ4n) is 7.26. The molecule has 0 aliphatic carbocycles. The van der Waals surface area contributed by atoms with E-state index >= 15 is 0 Å². The van der Waals surface area contributed by atoms with Gasteiger partial charge in [-0.2, -0.15) is 0 Å². The number of benzene rings is 9. The van der Waals surface area contributed by atoms with Crippen molar-refractivity contribution in [2.45, 2.75) is 0 Å². The SMILES string of the molecule is c1ccc(-c2ccc(N(c3ccc(-c4ccccc4)cc3)c3cccc4c(-c5ccc(Nc6cccc7ccccc67)cc5)cccc34)cc2)cc1. The van der Waals surface area contributed by atoms with E-state index in [-0.39, 0.29) is 0 Å². The molecule has 0 radical (unpaired) electrons. The summed E-state index contributed by atoms with van der Waals surface area (Å²) < 4.78 is 0. The van der Waals surface area contributed by atoms with Crippen molar-refractivity contribution in [1.29, 1.82) is 0 Å². The quantitative estimate of drug-likeness (QED) is 0.174. The van der Waals surface area contributed by atoms with Gasteiger partial charge in [-0.15, -0.1) is 0 Å². The van der Waals surface area contributed by atoms with Gasteiger partial charge in [-0.05, 0) is 92.7 Å². The van der Waals surface area contributed by atoms with E-state index in [0.717, 1.165) is 28.4 Å². The van der Waals surface area contributed by atoms with Gasteiger partial charge in [0.2, 0.25) is 0 Å². The molecule has 52 heavy (non-hydrogen) atoms. The van der Waals surface area contributed by atoms with E-state index in [0.29, 0.717) is 0 Å². The van der Waals surface area contributed by atoms with Crippen LogP contribution in [0.2, 0.25) is 0 Å². The first-order valence-electron chi connectivity index (χ1n) is 17.8. The Morgan fingerprint density at radius 2 is 0.788 bits per heavy atom. The molecule has 0 aromatic heterocycles. The second-order valence-electron chi connectivity index (χ2n) is 13.1. The second kappa shape index (κ2) is 13.8. The van der Waals surface area contributed by atoms with Crippen molar-refractivity contribution >= 4 is 50.0 Å². The third-order valence-electron chi connectivity index (χ3n) is 9.87. The standard InChI is InChI=1S/C50H36N2/c1-3-12-36(13-4-1)38-26-32-43(33-27-38)52(44-34-28-39(29-35-44)37-14-5-2-6-15-37)50-23-11-20-47-45(19-10-21-48(47)50)41-24-30-42(31-25-41)51-49-22-9-17-40-16-7-8-18-46(40)49/h1-35,51H. The van der Waals surface area contributed by atoms with Crippen LogP contribution in [-0.4, -0.2) is 0 Å². The maximum Gasteiger partial charge on any atom is 0.0540 e. The minimum atomic E-state index is 1.06. The van der Waals surface area contributed by atoms with E-state index in [2.05, 4.69) is 223 Å². The van der Waals surface area contributed by atoms with Crippen molar-refractivity contribution in [1.82, 2.24) is 0 Å². The first kappa shape index (κ1) is 31.1. The number of hydrogen-bond donors (Lipinski definition) is 1. The van der Waals surface area contributed by atoms with Crippen molar-refractivity contribution in [2.75, 3.05) is 10.2 Å². The monoisotopic (exact) mass is 664 g/mol. The maximum atomic E-state index is 3.65. The van der Waals surface area contributed by atoms with Gasteiger partial charge < -0.3 is 10.2 Å². The number of fused-ring (bicyclic) bond motifs is 2. The number of nitrogens with one attached hydrogen (secondary N) is 1. The van der Waals surface area contributed by atoms with Gasteiger partial charge in [0.25, 0.3) is 0 Å². The van der Waals surface area contributed by atoms with Crippen molar-refractivity contribution in [3.05, 3.63) is 212 Å². The Morgan fingerprint density at radius 3 is 1.44 bits per heavy atom. The lowest BCUT2D eigenvalue weighted by molar-refractivity contribution is 1.30. The summed E-state index contributed by atoms with van der Waals surface area (Å²) in [7, 11) is 0. The predicted molar refractivity (Wildman–Crippen MR) is 222 cm³/mol. The highest BCUT2D eigenvalue weighted by Gasteiger charge is 2.17. The fraction of sp³-hybridized carbons (Fsp3) is 0. The molecule has 0 amide bonds. The molecule has 9 aromatic carbocycles. The molecule has 9 rings (SSSR count). The van der Waals surface area contributed by atoms with Crippen LogP contribution in [0.5, 0.6) is 0 Å². The largest absolute Gasteiger partial charge is 0.355 e. The molecule has 2 heteroatoms. The molecule has 9 aromatic rings. The fourth-order valence-corrected chi connectivity index (χ4v) is 7.26. The molecule has 0 aliphatic heterocycles. The third kappa shape index (κ3) is 6.08. The molecule has 0 saturated heterocycles. The summed E-state index contributed by atoms with van der Waals surface area (Å²) >= 11 is 0. The molecule has 0 unspecified atom stereocenters. The Hall–Kier alpha value is -6.90. The topological polar surface area (TPSA) is 15.3 Å². The van der Waals surface area contributed by atoms with Crippen LogP contribution in [-0.2, 0) is 0 Å². The molecular weight excluding hydrogens is 629 g/mol. The van der Waals surface area contributed by atoms with Gasteiger partial charge in [0, 0.05) is 33.5 Å². The van der Waals surface area contributed by atoms with Gasteiger partial charge >= 0.3 is 0 Å². The Labute approximate surface area is 304 Å². The summed E-state index contributed by atoms with van der Waals surface area (Å²) in [5, 5.41) is 8.49. The summed E-state index contributed by atoms with van der Waals surface area (Å²) in [5.41, 5.74) is 12.7. The third-order valence-corrected chi connectivity index (χ3v) is 9.87.